The summed E-state index contributed by atoms with van der Waals surface area (Å²) in [5.41, 5.74) is 0. The fraction of sp³-hybridized carbons (Fsp3) is 0.923. The van der Waals surface area contributed by atoms with Crippen molar-refractivity contribution < 1.29 is 4.79 Å². The number of nitrogens with one attached hydrogen (secondary N) is 1. The van der Waals surface area contributed by atoms with E-state index in [1.807, 2.05) is 18.8 Å². The van der Waals surface area contributed by atoms with Crippen molar-refractivity contribution in [2.24, 2.45) is 11.8 Å². The zero-order valence-corrected chi connectivity index (χ0v) is 11.3. The normalized spacial score (nSPS) is 41.9. The smallest absolute Gasteiger partial charge is 0.240 e. The van der Waals surface area contributed by atoms with Crippen LogP contribution in [-0.2, 0) is 4.79 Å². The second kappa shape index (κ2) is 4.81. The molecule has 0 radical (unpaired) electrons. The lowest BCUT2D eigenvalue weighted by Gasteiger charge is -2.35. The van der Waals surface area contributed by atoms with Gasteiger partial charge in [0.05, 0.1) is 6.04 Å². The molecule has 2 bridgehead atoms. The van der Waals surface area contributed by atoms with Crippen molar-refractivity contribution in [1.29, 1.82) is 0 Å². The largest absolute Gasteiger partial charge is 0.337 e. The maximum Gasteiger partial charge on any atom is 0.240 e. The van der Waals surface area contributed by atoms with Crippen molar-refractivity contribution >= 4 is 17.7 Å². The van der Waals surface area contributed by atoms with E-state index in [0.29, 0.717) is 11.9 Å². The van der Waals surface area contributed by atoms with Crippen molar-refractivity contribution in [2.45, 2.75) is 37.8 Å². The predicted octanol–water partition coefficient (Wildman–Crippen LogP) is 1.34. The van der Waals surface area contributed by atoms with E-state index in [-0.39, 0.29) is 6.04 Å². The first-order valence-electron chi connectivity index (χ1n) is 6.85. The van der Waals surface area contributed by atoms with Gasteiger partial charge >= 0.3 is 0 Å². The number of hydrogen-bond donors (Lipinski definition) is 1. The van der Waals surface area contributed by atoms with Gasteiger partial charge in [-0.2, -0.15) is 11.8 Å². The molecule has 3 nitrogen and oxygen atoms in total. The summed E-state index contributed by atoms with van der Waals surface area (Å²) in [6.07, 6.45) is 5.42. The highest BCUT2D eigenvalue weighted by atomic mass is 32.2. The van der Waals surface area contributed by atoms with Gasteiger partial charge in [-0.05, 0) is 38.1 Å². The van der Waals surface area contributed by atoms with Gasteiger partial charge in [0.2, 0.25) is 5.91 Å². The van der Waals surface area contributed by atoms with Crippen LogP contribution in [0.15, 0.2) is 0 Å². The SMILES string of the molecule is CNC1CSCCN(C2CC3CCC2C3)C1=O. The Morgan fingerprint density at radius 3 is 2.88 bits per heavy atom. The summed E-state index contributed by atoms with van der Waals surface area (Å²) in [4.78, 5) is 14.7. The first-order valence-corrected chi connectivity index (χ1v) is 8.00. The molecule has 3 aliphatic rings. The molecule has 3 rings (SSSR count). The van der Waals surface area contributed by atoms with E-state index >= 15 is 0 Å². The summed E-state index contributed by atoms with van der Waals surface area (Å²) in [5, 5.41) is 3.18. The summed E-state index contributed by atoms with van der Waals surface area (Å²) in [6, 6.07) is 0.609. The topological polar surface area (TPSA) is 32.3 Å². The van der Waals surface area contributed by atoms with Gasteiger partial charge in [0.25, 0.3) is 0 Å². The Hall–Kier alpha value is -0.220. The van der Waals surface area contributed by atoms with Gasteiger partial charge in [0, 0.05) is 24.1 Å². The van der Waals surface area contributed by atoms with E-state index in [1.54, 1.807) is 0 Å². The molecule has 96 valence electrons. The van der Waals surface area contributed by atoms with Crippen molar-refractivity contribution in [3.63, 3.8) is 0 Å². The van der Waals surface area contributed by atoms with E-state index in [9.17, 15) is 4.79 Å². The standard InChI is InChI=1S/C13H22N2OS/c1-14-11-8-17-5-4-15(13(11)16)12-7-9-2-3-10(12)6-9/h9-12,14H,2-8H2,1H3. The van der Waals surface area contributed by atoms with Gasteiger partial charge in [-0.15, -0.1) is 0 Å². The van der Waals surface area contributed by atoms with Gasteiger partial charge < -0.3 is 10.2 Å². The monoisotopic (exact) mass is 254 g/mol. The third kappa shape index (κ3) is 2.10. The number of likely N-dealkylation sites (N-methyl/N-ethyl adjacent to an activating group) is 1. The molecule has 1 saturated heterocycles. The van der Waals surface area contributed by atoms with E-state index in [0.717, 1.165) is 29.9 Å². The highest BCUT2D eigenvalue weighted by Gasteiger charge is 2.44. The minimum Gasteiger partial charge on any atom is -0.337 e. The number of amides is 1. The summed E-state index contributed by atoms with van der Waals surface area (Å²) < 4.78 is 0. The first-order chi connectivity index (χ1) is 8.29. The maximum atomic E-state index is 12.5. The Kier molecular flexibility index (Phi) is 3.35. The van der Waals surface area contributed by atoms with Crippen molar-refractivity contribution in [3.8, 4) is 0 Å². The molecule has 2 saturated carbocycles. The molecule has 4 unspecified atom stereocenters. The van der Waals surface area contributed by atoms with Crippen LogP contribution in [-0.4, -0.2) is 48.0 Å². The quantitative estimate of drug-likeness (QED) is 0.807. The molecule has 17 heavy (non-hydrogen) atoms. The molecular weight excluding hydrogens is 232 g/mol. The van der Waals surface area contributed by atoms with Gasteiger partial charge in [-0.1, -0.05) is 6.42 Å². The fourth-order valence-corrected chi connectivity index (χ4v) is 4.91. The van der Waals surface area contributed by atoms with Crippen LogP contribution >= 0.6 is 11.8 Å². The lowest BCUT2D eigenvalue weighted by Crippen LogP contribution is -2.51. The second-order valence-electron chi connectivity index (χ2n) is 5.69. The molecule has 0 aromatic carbocycles. The average Bonchev–Trinajstić information content (AvgIpc) is 2.90. The Morgan fingerprint density at radius 2 is 2.24 bits per heavy atom. The number of hydrogen-bond acceptors (Lipinski definition) is 3. The van der Waals surface area contributed by atoms with Gasteiger partial charge in [-0.25, -0.2) is 0 Å². The number of nitrogens with zero attached hydrogens (tertiary/aromatic N) is 1. The van der Waals surface area contributed by atoms with E-state index in [1.165, 1.54) is 25.7 Å². The molecule has 0 spiro atoms. The van der Waals surface area contributed by atoms with E-state index in [2.05, 4.69) is 10.2 Å². The van der Waals surface area contributed by atoms with Crippen LogP contribution in [0.1, 0.15) is 25.7 Å². The number of thioether (sulfide) groups is 1. The Balaban J connectivity index is 1.74. The summed E-state index contributed by atoms with van der Waals surface area (Å²) in [5.74, 6) is 4.13. The average molecular weight is 254 g/mol. The van der Waals surface area contributed by atoms with Crippen LogP contribution in [0.5, 0.6) is 0 Å². The number of carbonyl (C=O) groups excluding carboxylic acids is 1. The second-order valence-corrected chi connectivity index (χ2v) is 6.84. The molecule has 4 heteroatoms. The summed E-state index contributed by atoms with van der Waals surface area (Å²) in [7, 11) is 1.91. The van der Waals surface area contributed by atoms with Crippen LogP contribution in [0.4, 0.5) is 0 Å². The van der Waals surface area contributed by atoms with Crippen molar-refractivity contribution in [1.82, 2.24) is 10.2 Å². The summed E-state index contributed by atoms with van der Waals surface area (Å²) in [6.45, 7) is 0.968. The van der Waals surface area contributed by atoms with Crippen LogP contribution in [0.2, 0.25) is 0 Å². The van der Waals surface area contributed by atoms with Gasteiger partial charge in [0.1, 0.15) is 0 Å². The Morgan fingerprint density at radius 1 is 1.35 bits per heavy atom. The first kappa shape index (κ1) is 11.8. The molecule has 0 aromatic rings. The molecule has 1 heterocycles. The summed E-state index contributed by atoms with van der Waals surface area (Å²) >= 11 is 1.91. The predicted molar refractivity (Wildman–Crippen MR) is 71.1 cm³/mol. The van der Waals surface area contributed by atoms with E-state index < -0.39 is 0 Å². The molecule has 2 aliphatic carbocycles. The Bertz CT molecular complexity index is 310. The van der Waals surface area contributed by atoms with Crippen molar-refractivity contribution in [3.05, 3.63) is 0 Å². The minimum atomic E-state index is 0.0432. The minimum absolute atomic E-state index is 0.0432. The lowest BCUT2D eigenvalue weighted by molar-refractivity contribution is -0.135. The van der Waals surface area contributed by atoms with Crippen LogP contribution in [0.25, 0.3) is 0 Å². The molecule has 1 amide bonds. The highest BCUT2D eigenvalue weighted by molar-refractivity contribution is 7.99. The van der Waals surface area contributed by atoms with Gasteiger partial charge in [-0.3, -0.25) is 4.79 Å². The highest BCUT2D eigenvalue weighted by Crippen LogP contribution is 2.46. The molecule has 1 aliphatic heterocycles. The van der Waals surface area contributed by atoms with Crippen LogP contribution in [0, 0.1) is 11.8 Å². The molecule has 3 fully saturated rings. The van der Waals surface area contributed by atoms with Crippen molar-refractivity contribution in [2.75, 3.05) is 25.1 Å². The number of fused-ring (bicyclic) bond motifs is 2. The third-order valence-electron chi connectivity index (χ3n) is 4.79. The molecular formula is C13H22N2OS. The van der Waals surface area contributed by atoms with Gasteiger partial charge in [0.15, 0.2) is 0 Å². The molecule has 4 atom stereocenters. The fourth-order valence-electron chi connectivity index (χ4n) is 3.87. The zero-order chi connectivity index (χ0) is 11.8. The van der Waals surface area contributed by atoms with Crippen LogP contribution < -0.4 is 5.32 Å². The molecule has 1 N–H and O–H groups in total. The Labute approximate surface area is 108 Å². The lowest BCUT2D eigenvalue weighted by atomic mass is 9.93. The molecule has 0 aromatic heterocycles. The number of carbonyl (C=O) groups is 1. The number of rotatable bonds is 2. The van der Waals surface area contributed by atoms with E-state index in [4.69, 9.17) is 0 Å². The maximum absolute atomic E-state index is 12.5. The third-order valence-corrected chi connectivity index (χ3v) is 5.83. The zero-order valence-electron chi connectivity index (χ0n) is 10.5. The van der Waals surface area contributed by atoms with Crippen LogP contribution in [0.3, 0.4) is 0 Å².